The maximum atomic E-state index is 12.8. The molecule has 1 heterocycles. The minimum Gasteiger partial charge on any atom is -0.392 e. The summed E-state index contributed by atoms with van der Waals surface area (Å²) < 4.78 is 0. The van der Waals surface area contributed by atoms with Crippen LogP contribution in [0.15, 0.2) is 30.3 Å². The molecule has 2 unspecified atom stereocenters. The molecule has 132 valence electrons. The zero-order valence-electron chi connectivity index (χ0n) is 14.6. The van der Waals surface area contributed by atoms with Crippen molar-refractivity contribution in [3.63, 3.8) is 0 Å². The Morgan fingerprint density at radius 2 is 1.79 bits per heavy atom. The van der Waals surface area contributed by atoms with Crippen molar-refractivity contribution in [2.24, 2.45) is 5.92 Å². The van der Waals surface area contributed by atoms with E-state index in [2.05, 4.69) is 5.32 Å². The quantitative estimate of drug-likeness (QED) is 0.799. The SMILES string of the molecule is CC(C)C(O)CC(=O)NC(Cc1ccccc1)C(=O)N1CCCC1. The highest BCUT2D eigenvalue weighted by atomic mass is 16.3. The summed E-state index contributed by atoms with van der Waals surface area (Å²) in [6, 6.07) is 9.13. The van der Waals surface area contributed by atoms with Crippen molar-refractivity contribution in [3.8, 4) is 0 Å². The van der Waals surface area contributed by atoms with Gasteiger partial charge in [0.25, 0.3) is 0 Å². The van der Waals surface area contributed by atoms with Crippen molar-refractivity contribution in [2.45, 2.75) is 51.7 Å². The van der Waals surface area contributed by atoms with Crippen LogP contribution in [-0.2, 0) is 16.0 Å². The van der Waals surface area contributed by atoms with Gasteiger partial charge < -0.3 is 15.3 Å². The summed E-state index contributed by atoms with van der Waals surface area (Å²) in [7, 11) is 0. The van der Waals surface area contributed by atoms with Gasteiger partial charge in [0, 0.05) is 19.5 Å². The number of likely N-dealkylation sites (tertiary alicyclic amines) is 1. The molecule has 0 aromatic heterocycles. The number of amides is 2. The first-order valence-electron chi connectivity index (χ1n) is 8.77. The van der Waals surface area contributed by atoms with Crippen LogP contribution in [0.25, 0.3) is 0 Å². The van der Waals surface area contributed by atoms with E-state index in [1.807, 2.05) is 49.1 Å². The molecule has 1 aliphatic heterocycles. The van der Waals surface area contributed by atoms with Crippen LogP contribution in [0.2, 0.25) is 0 Å². The lowest BCUT2D eigenvalue weighted by Gasteiger charge is -2.25. The fourth-order valence-corrected chi connectivity index (χ4v) is 2.89. The van der Waals surface area contributed by atoms with Gasteiger partial charge in [-0.05, 0) is 24.3 Å². The Balaban J connectivity index is 2.04. The lowest BCUT2D eigenvalue weighted by atomic mass is 10.0. The first kappa shape index (κ1) is 18.5. The smallest absolute Gasteiger partial charge is 0.245 e. The number of nitrogens with zero attached hydrogens (tertiary/aromatic N) is 1. The van der Waals surface area contributed by atoms with Crippen molar-refractivity contribution in [3.05, 3.63) is 35.9 Å². The summed E-state index contributed by atoms with van der Waals surface area (Å²) in [6.07, 6.45) is 1.84. The minimum atomic E-state index is -0.690. The molecule has 5 nitrogen and oxygen atoms in total. The van der Waals surface area contributed by atoms with Gasteiger partial charge in [0.15, 0.2) is 0 Å². The molecule has 24 heavy (non-hydrogen) atoms. The Hall–Kier alpha value is -1.88. The number of aliphatic hydroxyl groups is 1. The van der Waals surface area contributed by atoms with E-state index in [9.17, 15) is 14.7 Å². The highest BCUT2D eigenvalue weighted by Gasteiger charge is 2.28. The van der Waals surface area contributed by atoms with Crippen molar-refractivity contribution in [1.29, 1.82) is 0 Å². The maximum absolute atomic E-state index is 12.8. The van der Waals surface area contributed by atoms with Crippen LogP contribution in [0, 0.1) is 5.92 Å². The second kappa shape index (κ2) is 8.83. The predicted octanol–water partition coefficient (Wildman–Crippen LogP) is 1.74. The van der Waals surface area contributed by atoms with E-state index in [-0.39, 0.29) is 24.2 Å². The van der Waals surface area contributed by atoms with Crippen molar-refractivity contribution in [2.75, 3.05) is 13.1 Å². The Morgan fingerprint density at radius 1 is 1.17 bits per heavy atom. The molecule has 2 atom stereocenters. The zero-order valence-corrected chi connectivity index (χ0v) is 14.6. The molecule has 0 bridgehead atoms. The van der Waals surface area contributed by atoms with E-state index in [1.165, 1.54) is 0 Å². The molecule has 0 saturated carbocycles. The van der Waals surface area contributed by atoms with Crippen LogP contribution in [0.3, 0.4) is 0 Å². The topological polar surface area (TPSA) is 69.6 Å². The van der Waals surface area contributed by atoms with E-state index in [4.69, 9.17) is 0 Å². The standard InChI is InChI=1S/C19H28N2O3/c1-14(2)17(22)13-18(23)20-16(12-15-8-4-3-5-9-15)19(24)21-10-6-7-11-21/h3-5,8-9,14,16-17,22H,6-7,10-13H2,1-2H3,(H,20,23). The van der Waals surface area contributed by atoms with Crippen LogP contribution < -0.4 is 5.32 Å². The second-order valence-electron chi connectivity index (χ2n) is 6.86. The number of carbonyl (C=O) groups is 2. The lowest BCUT2D eigenvalue weighted by Crippen LogP contribution is -2.49. The largest absolute Gasteiger partial charge is 0.392 e. The minimum absolute atomic E-state index is 0.0117. The molecule has 2 amide bonds. The van der Waals surface area contributed by atoms with Crippen LogP contribution in [0.1, 0.15) is 38.7 Å². The fourth-order valence-electron chi connectivity index (χ4n) is 2.89. The number of carbonyl (C=O) groups excluding carboxylic acids is 2. The number of hydrogen-bond donors (Lipinski definition) is 2. The van der Waals surface area contributed by atoms with Gasteiger partial charge in [-0.15, -0.1) is 0 Å². The summed E-state index contributed by atoms with van der Waals surface area (Å²) in [5, 5.41) is 12.7. The van der Waals surface area contributed by atoms with Gasteiger partial charge in [0.05, 0.1) is 12.5 Å². The number of hydrogen-bond acceptors (Lipinski definition) is 3. The highest BCUT2D eigenvalue weighted by Crippen LogP contribution is 2.13. The number of aliphatic hydroxyl groups excluding tert-OH is 1. The Labute approximate surface area is 144 Å². The average Bonchev–Trinajstić information content (AvgIpc) is 3.08. The number of rotatable bonds is 7. The van der Waals surface area contributed by atoms with Gasteiger partial charge in [0.1, 0.15) is 6.04 Å². The number of nitrogens with one attached hydrogen (secondary N) is 1. The van der Waals surface area contributed by atoms with Gasteiger partial charge in [-0.2, -0.15) is 0 Å². The highest BCUT2D eigenvalue weighted by molar-refractivity contribution is 5.88. The zero-order chi connectivity index (χ0) is 17.5. The third kappa shape index (κ3) is 5.34. The first-order chi connectivity index (χ1) is 11.5. The van der Waals surface area contributed by atoms with E-state index >= 15 is 0 Å². The third-order valence-corrected chi connectivity index (χ3v) is 4.50. The Bertz CT molecular complexity index is 539. The van der Waals surface area contributed by atoms with Crippen LogP contribution >= 0.6 is 0 Å². The maximum Gasteiger partial charge on any atom is 0.245 e. The monoisotopic (exact) mass is 332 g/mol. The summed E-state index contributed by atoms with van der Waals surface area (Å²) in [5.74, 6) is -0.286. The molecule has 0 radical (unpaired) electrons. The van der Waals surface area contributed by atoms with Crippen LogP contribution in [0.5, 0.6) is 0 Å². The first-order valence-corrected chi connectivity index (χ1v) is 8.77. The van der Waals surface area contributed by atoms with Gasteiger partial charge in [-0.25, -0.2) is 0 Å². The molecule has 1 aromatic rings. The molecule has 2 rings (SSSR count). The lowest BCUT2D eigenvalue weighted by molar-refractivity contribution is -0.136. The summed E-state index contributed by atoms with van der Waals surface area (Å²) in [6.45, 7) is 5.26. The van der Waals surface area contributed by atoms with E-state index in [1.54, 1.807) is 0 Å². The van der Waals surface area contributed by atoms with Crippen molar-refractivity contribution >= 4 is 11.8 Å². The molecule has 1 fully saturated rings. The molecule has 1 aromatic carbocycles. The third-order valence-electron chi connectivity index (χ3n) is 4.50. The van der Waals surface area contributed by atoms with Gasteiger partial charge in [-0.1, -0.05) is 44.2 Å². The van der Waals surface area contributed by atoms with Gasteiger partial charge in [0.2, 0.25) is 11.8 Å². The summed E-state index contributed by atoms with van der Waals surface area (Å²) >= 11 is 0. The van der Waals surface area contributed by atoms with Crippen LogP contribution in [0.4, 0.5) is 0 Å². The summed E-state index contributed by atoms with van der Waals surface area (Å²) in [5.41, 5.74) is 1.01. The molecular weight excluding hydrogens is 304 g/mol. The molecule has 5 heteroatoms. The van der Waals surface area contributed by atoms with Crippen molar-refractivity contribution in [1.82, 2.24) is 10.2 Å². The summed E-state index contributed by atoms with van der Waals surface area (Å²) in [4.78, 5) is 26.8. The predicted molar refractivity (Wildman–Crippen MR) is 93.4 cm³/mol. The molecule has 1 aliphatic rings. The van der Waals surface area contributed by atoms with E-state index in [0.717, 1.165) is 31.5 Å². The Morgan fingerprint density at radius 3 is 2.38 bits per heavy atom. The normalized spacial score (nSPS) is 16.9. The molecule has 0 aliphatic carbocycles. The van der Waals surface area contributed by atoms with Crippen LogP contribution in [-0.4, -0.2) is 47.1 Å². The Kier molecular flexibility index (Phi) is 6.79. The number of benzene rings is 1. The van der Waals surface area contributed by atoms with Crippen molar-refractivity contribution < 1.29 is 14.7 Å². The molecule has 2 N–H and O–H groups in total. The molecule has 1 saturated heterocycles. The van der Waals surface area contributed by atoms with E-state index in [0.29, 0.717) is 6.42 Å². The second-order valence-corrected chi connectivity index (χ2v) is 6.86. The van der Waals surface area contributed by atoms with Gasteiger partial charge >= 0.3 is 0 Å². The molecule has 0 spiro atoms. The van der Waals surface area contributed by atoms with Gasteiger partial charge in [-0.3, -0.25) is 9.59 Å². The average molecular weight is 332 g/mol. The fraction of sp³-hybridized carbons (Fsp3) is 0.579. The molecular formula is C19H28N2O3. The van der Waals surface area contributed by atoms with E-state index < -0.39 is 12.1 Å².